The predicted octanol–water partition coefficient (Wildman–Crippen LogP) is 2.95. The van der Waals surface area contributed by atoms with E-state index in [0.717, 1.165) is 25.1 Å². The van der Waals surface area contributed by atoms with Crippen LogP contribution in [0.15, 0.2) is 36.9 Å². The molecule has 0 saturated heterocycles. The molecule has 1 N–H and O–H groups in total. The minimum absolute atomic E-state index is 0.874. The molecular formula is C15H19N3. The summed E-state index contributed by atoms with van der Waals surface area (Å²) in [6.45, 7) is 6.16. The maximum absolute atomic E-state index is 4.32. The summed E-state index contributed by atoms with van der Waals surface area (Å²) in [4.78, 5) is 8.44. The fraction of sp³-hybridized carbons (Fsp3) is 0.333. The van der Waals surface area contributed by atoms with Gasteiger partial charge in [-0.05, 0) is 48.7 Å². The number of aryl methyl sites for hydroxylation is 1. The van der Waals surface area contributed by atoms with Crippen LogP contribution in [0.5, 0.6) is 0 Å². The Hall–Kier alpha value is -1.74. The highest BCUT2D eigenvalue weighted by Crippen LogP contribution is 2.22. The SMILES string of the molecule is CCCNCc1cncc(-c2ccncc2C)c1. The summed E-state index contributed by atoms with van der Waals surface area (Å²) in [5, 5.41) is 3.39. The lowest BCUT2D eigenvalue weighted by Crippen LogP contribution is -2.13. The summed E-state index contributed by atoms with van der Waals surface area (Å²) in [5.74, 6) is 0. The monoisotopic (exact) mass is 241 g/mol. The van der Waals surface area contributed by atoms with Crippen molar-refractivity contribution in [3.8, 4) is 11.1 Å². The topological polar surface area (TPSA) is 37.8 Å². The van der Waals surface area contributed by atoms with Crippen molar-refractivity contribution in [2.24, 2.45) is 0 Å². The summed E-state index contributed by atoms with van der Waals surface area (Å²) >= 11 is 0. The van der Waals surface area contributed by atoms with Crippen molar-refractivity contribution in [1.82, 2.24) is 15.3 Å². The van der Waals surface area contributed by atoms with Gasteiger partial charge in [0.05, 0.1) is 0 Å². The molecule has 0 aliphatic heterocycles. The number of rotatable bonds is 5. The minimum atomic E-state index is 0.874. The largest absolute Gasteiger partial charge is 0.313 e. The number of hydrogen-bond acceptors (Lipinski definition) is 3. The standard InChI is InChI=1S/C15H19N3/c1-3-5-16-9-13-7-14(11-18-10-13)15-4-6-17-8-12(15)2/h4,6-8,10-11,16H,3,5,9H2,1-2H3. The Morgan fingerprint density at radius 2 is 2.06 bits per heavy atom. The average molecular weight is 241 g/mol. The van der Waals surface area contributed by atoms with Crippen LogP contribution in [-0.4, -0.2) is 16.5 Å². The van der Waals surface area contributed by atoms with Gasteiger partial charge in [-0.25, -0.2) is 0 Å². The number of hydrogen-bond donors (Lipinski definition) is 1. The Bertz CT molecular complexity index is 509. The van der Waals surface area contributed by atoms with E-state index in [4.69, 9.17) is 0 Å². The van der Waals surface area contributed by atoms with Gasteiger partial charge in [-0.15, -0.1) is 0 Å². The van der Waals surface area contributed by atoms with E-state index in [1.807, 2.05) is 30.9 Å². The van der Waals surface area contributed by atoms with Gasteiger partial charge in [0.2, 0.25) is 0 Å². The molecule has 0 radical (unpaired) electrons. The second-order valence-corrected chi connectivity index (χ2v) is 4.45. The Morgan fingerprint density at radius 3 is 2.83 bits per heavy atom. The zero-order valence-corrected chi connectivity index (χ0v) is 11.0. The predicted molar refractivity (Wildman–Crippen MR) is 74.2 cm³/mol. The van der Waals surface area contributed by atoms with E-state index in [2.05, 4.69) is 35.2 Å². The number of pyridine rings is 2. The number of nitrogens with one attached hydrogen (secondary N) is 1. The van der Waals surface area contributed by atoms with Crippen molar-refractivity contribution in [2.75, 3.05) is 6.54 Å². The van der Waals surface area contributed by atoms with Crippen molar-refractivity contribution in [1.29, 1.82) is 0 Å². The quantitative estimate of drug-likeness (QED) is 0.818. The molecule has 0 saturated carbocycles. The maximum atomic E-state index is 4.32. The highest BCUT2D eigenvalue weighted by atomic mass is 14.8. The highest BCUT2D eigenvalue weighted by Gasteiger charge is 2.03. The molecule has 2 rings (SSSR count). The highest BCUT2D eigenvalue weighted by molar-refractivity contribution is 5.65. The smallest absolute Gasteiger partial charge is 0.0346 e. The van der Waals surface area contributed by atoms with Gasteiger partial charge in [0, 0.05) is 36.9 Å². The zero-order valence-electron chi connectivity index (χ0n) is 11.0. The van der Waals surface area contributed by atoms with Gasteiger partial charge in [0.15, 0.2) is 0 Å². The maximum Gasteiger partial charge on any atom is 0.0346 e. The van der Waals surface area contributed by atoms with Crippen LogP contribution in [0.1, 0.15) is 24.5 Å². The zero-order chi connectivity index (χ0) is 12.8. The van der Waals surface area contributed by atoms with Gasteiger partial charge in [0.1, 0.15) is 0 Å². The number of aromatic nitrogens is 2. The van der Waals surface area contributed by atoms with Crippen LogP contribution in [0.25, 0.3) is 11.1 Å². The van der Waals surface area contributed by atoms with Crippen LogP contribution in [-0.2, 0) is 6.54 Å². The van der Waals surface area contributed by atoms with Crippen LogP contribution in [0, 0.1) is 6.92 Å². The van der Waals surface area contributed by atoms with Gasteiger partial charge >= 0.3 is 0 Å². The second-order valence-electron chi connectivity index (χ2n) is 4.45. The lowest BCUT2D eigenvalue weighted by molar-refractivity contribution is 0.674. The van der Waals surface area contributed by atoms with E-state index >= 15 is 0 Å². The molecule has 3 nitrogen and oxygen atoms in total. The van der Waals surface area contributed by atoms with E-state index in [9.17, 15) is 0 Å². The first kappa shape index (κ1) is 12.7. The summed E-state index contributed by atoms with van der Waals surface area (Å²) in [6, 6.07) is 4.23. The van der Waals surface area contributed by atoms with E-state index in [1.54, 1.807) is 0 Å². The minimum Gasteiger partial charge on any atom is -0.313 e. The molecule has 0 aliphatic rings. The van der Waals surface area contributed by atoms with E-state index in [0.29, 0.717) is 0 Å². The molecule has 0 atom stereocenters. The molecule has 0 fully saturated rings. The summed E-state index contributed by atoms with van der Waals surface area (Å²) in [6.07, 6.45) is 8.69. The van der Waals surface area contributed by atoms with Crippen molar-refractivity contribution in [2.45, 2.75) is 26.8 Å². The third-order valence-electron chi connectivity index (χ3n) is 2.88. The van der Waals surface area contributed by atoms with E-state index in [1.165, 1.54) is 16.7 Å². The molecule has 2 heterocycles. The van der Waals surface area contributed by atoms with Crippen molar-refractivity contribution in [3.63, 3.8) is 0 Å². The molecule has 94 valence electrons. The fourth-order valence-electron chi connectivity index (χ4n) is 1.94. The van der Waals surface area contributed by atoms with Gasteiger partial charge in [0.25, 0.3) is 0 Å². The number of nitrogens with zero attached hydrogens (tertiary/aromatic N) is 2. The van der Waals surface area contributed by atoms with Crippen LogP contribution in [0.3, 0.4) is 0 Å². The molecule has 2 aromatic rings. The first-order chi connectivity index (χ1) is 8.81. The molecule has 2 aromatic heterocycles. The first-order valence-corrected chi connectivity index (χ1v) is 6.37. The van der Waals surface area contributed by atoms with E-state index < -0.39 is 0 Å². The van der Waals surface area contributed by atoms with Gasteiger partial charge < -0.3 is 5.32 Å². The molecular weight excluding hydrogens is 222 g/mol. The first-order valence-electron chi connectivity index (χ1n) is 6.37. The normalized spacial score (nSPS) is 10.6. The molecule has 0 aliphatic carbocycles. The second kappa shape index (κ2) is 6.26. The van der Waals surface area contributed by atoms with Crippen LogP contribution in [0.4, 0.5) is 0 Å². The average Bonchev–Trinajstić information content (AvgIpc) is 2.40. The Morgan fingerprint density at radius 1 is 1.17 bits per heavy atom. The Labute approximate surface area is 108 Å². The molecule has 0 amide bonds. The molecule has 18 heavy (non-hydrogen) atoms. The molecule has 0 bridgehead atoms. The summed E-state index contributed by atoms with van der Waals surface area (Å²) < 4.78 is 0. The molecule has 0 unspecified atom stereocenters. The molecule has 3 heteroatoms. The lowest BCUT2D eigenvalue weighted by Gasteiger charge is -2.07. The fourth-order valence-corrected chi connectivity index (χ4v) is 1.94. The van der Waals surface area contributed by atoms with Crippen molar-refractivity contribution in [3.05, 3.63) is 48.0 Å². The van der Waals surface area contributed by atoms with Crippen LogP contribution >= 0.6 is 0 Å². The summed E-state index contributed by atoms with van der Waals surface area (Å²) in [5.41, 5.74) is 4.76. The van der Waals surface area contributed by atoms with Crippen molar-refractivity contribution >= 4 is 0 Å². The van der Waals surface area contributed by atoms with Gasteiger partial charge in [-0.3, -0.25) is 9.97 Å². The summed E-state index contributed by atoms with van der Waals surface area (Å²) in [7, 11) is 0. The third-order valence-corrected chi connectivity index (χ3v) is 2.88. The van der Waals surface area contributed by atoms with Gasteiger partial charge in [-0.2, -0.15) is 0 Å². The molecule has 0 spiro atoms. The van der Waals surface area contributed by atoms with Crippen LogP contribution < -0.4 is 5.32 Å². The molecule has 0 aromatic carbocycles. The Balaban J connectivity index is 2.19. The Kier molecular flexibility index (Phi) is 4.42. The van der Waals surface area contributed by atoms with Crippen LogP contribution in [0.2, 0.25) is 0 Å². The van der Waals surface area contributed by atoms with Crippen molar-refractivity contribution < 1.29 is 0 Å². The lowest BCUT2D eigenvalue weighted by atomic mass is 10.0. The van der Waals surface area contributed by atoms with Gasteiger partial charge in [-0.1, -0.05) is 6.92 Å². The third kappa shape index (κ3) is 3.14. The van der Waals surface area contributed by atoms with E-state index in [-0.39, 0.29) is 0 Å².